The highest BCUT2D eigenvalue weighted by molar-refractivity contribution is 5.85. The second kappa shape index (κ2) is 11.6. The first-order valence-electron chi connectivity index (χ1n) is 11.8. The van der Waals surface area contributed by atoms with E-state index in [0.717, 1.165) is 5.56 Å². The molecule has 4 atom stereocenters. The average molecular weight is 531 g/mol. The van der Waals surface area contributed by atoms with Crippen molar-refractivity contribution >= 4 is 23.7 Å². The number of nitrogens with zero attached hydrogens (tertiary/aromatic N) is 4. The molecule has 0 radical (unpaired) electrons. The van der Waals surface area contributed by atoms with Gasteiger partial charge in [0.05, 0.1) is 59.6 Å². The predicted molar refractivity (Wildman–Crippen MR) is 130 cm³/mol. The number of aromatic nitrogens is 2. The second-order valence-corrected chi connectivity index (χ2v) is 8.66. The maximum atomic E-state index is 13.2. The molecule has 2 aromatic rings. The lowest BCUT2D eigenvalue weighted by Gasteiger charge is -2.30. The molecule has 204 valence electrons. The maximum absolute atomic E-state index is 13.2. The van der Waals surface area contributed by atoms with Gasteiger partial charge in [0.25, 0.3) is 0 Å². The van der Waals surface area contributed by atoms with Crippen LogP contribution in [0.4, 0.5) is 5.82 Å². The molecule has 0 saturated carbocycles. The van der Waals surface area contributed by atoms with E-state index in [-0.39, 0.29) is 24.9 Å². The monoisotopic (exact) mass is 530 g/mol. The third-order valence-corrected chi connectivity index (χ3v) is 6.56. The summed E-state index contributed by atoms with van der Waals surface area (Å²) in [4.78, 5) is 55.4. The van der Waals surface area contributed by atoms with Crippen molar-refractivity contribution in [3.8, 4) is 11.9 Å². The summed E-state index contributed by atoms with van der Waals surface area (Å²) in [6, 6.07) is 8.03. The summed E-state index contributed by atoms with van der Waals surface area (Å²) in [6.07, 6.45) is -1.46. The number of methoxy groups -OCH3 is 5. The number of fused-ring (bicyclic) bond motifs is 3. The van der Waals surface area contributed by atoms with Crippen LogP contribution in [0.25, 0.3) is 0 Å². The van der Waals surface area contributed by atoms with Crippen LogP contribution in [0.3, 0.4) is 0 Å². The highest BCUT2D eigenvalue weighted by Gasteiger charge is 2.58. The van der Waals surface area contributed by atoms with Crippen LogP contribution in [0.15, 0.2) is 30.3 Å². The summed E-state index contributed by atoms with van der Waals surface area (Å²) in [5, 5.41) is 1.45. The Balaban J connectivity index is 1.96. The van der Waals surface area contributed by atoms with Gasteiger partial charge in [-0.05, 0) is 5.56 Å². The van der Waals surface area contributed by atoms with Crippen LogP contribution < -0.4 is 14.4 Å². The molecule has 13 nitrogen and oxygen atoms in total. The Morgan fingerprint density at radius 1 is 0.947 bits per heavy atom. The Hall–Kier alpha value is -3.97. The van der Waals surface area contributed by atoms with Crippen LogP contribution in [0.2, 0.25) is 0 Å². The van der Waals surface area contributed by atoms with E-state index in [0.29, 0.717) is 17.9 Å². The topological polar surface area (TPSA) is 139 Å². The van der Waals surface area contributed by atoms with E-state index in [2.05, 4.69) is 9.97 Å². The van der Waals surface area contributed by atoms with E-state index in [9.17, 15) is 14.4 Å². The fourth-order valence-electron chi connectivity index (χ4n) is 4.86. The molecule has 3 heterocycles. The third kappa shape index (κ3) is 5.07. The molecule has 1 aromatic heterocycles. The summed E-state index contributed by atoms with van der Waals surface area (Å²) in [5.74, 6) is -2.68. The standard InChI is InChI=1S/C25H30N4O9/c1-33-16(30)11-15-13-28(12-14-9-7-6-8-10-14)21-18(22(34-2)27-25(26-21)37-5)19-17(23(31)35-3)20(24(32)36-4)38-29(15)19/h6-10,15,17,19-20H,11-13H2,1-5H3/t15?,17-,19?,20-/m1/s1. The quantitative estimate of drug-likeness (QED) is 0.355. The number of hydrogen-bond acceptors (Lipinski definition) is 13. The van der Waals surface area contributed by atoms with Crippen molar-refractivity contribution in [2.24, 2.45) is 5.92 Å². The molecule has 4 rings (SSSR count). The van der Waals surface area contributed by atoms with Crippen LogP contribution in [0, 0.1) is 5.92 Å². The Labute approximate surface area is 219 Å². The fourth-order valence-corrected chi connectivity index (χ4v) is 4.86. The number of anilines is 1. The molecular weight excluding hydrogens is 500 g/mol. The van der Waals surface area contributed by atoms with Crippen molar-refractivity contribution in [1.29, 1.82) is 0 Å². The van der Waals surface area contributed by atoms with Gasteiger partial charge in [-0.25, -0.2) is 4.79 Å². The van der Waals surface area contributed by atoms with Crippen LogP contribution in [-0.4, -0.2) is 87.2 Å². The van der Waals surface area contributed by atoms with Gasteiger partial charge in [0.2, 0.25) is 5.88 Å². The molecule has 2 aliphatic rings. The first-order chi connectivity index (χ1) is 18.4. The number of ether oxygens (including phenoxy) is 5. The zero-order chi connectivity index (χ0) is 27.4. The van der Waals surface area contributed by atoms with Crippen LogP contribution >= 0.6 is 0 Å². The molecule has 2 aliphatic heterocycles. The minimum Gasteiger partial charge on any atom is -0.481 e. The van der Waals surface area contributed by atoms with Gasteiger partial charge >= 0.3 is 23.9 Å². The lowest BCUT2D eigenvalue weighted by atomic mass is 9.89. The van der Waals surface area contributed by atoms with Gasteiger partial charge in [-0.3, -0.25) is 14.4 Å². The summed E-state index contributed by atoms with van der Waals surface area (Å²) in [6.45, 7) is 0.595. The molecule has 1 saturated heterocycles. The minimum absolute atomic E-state index is 0.0367. The number of carbonyl (C=O) groups excluding carboxylic acids is 3. The SMILES string of the molecule is COC(=O)CC1CN(Cc2ccccc2)c2nc(OC)nc(OC)c2C2[C@@H](C(=O)OC)[C@H](C(=O)OC)ON12. The van der Waals surface area contributed by atoms with Crippen molar-refractivity contribution in [3.63, 3.8) is 0 Å². The van der Waals surface area contributed by atoms with Crippen molar-refractivity contribution in [1.82, 2.24) is 15.0 Å². The Morgan fingerprint density at radius 2 is 1.66 bits per heavy atom. The molecule has 0 amide bonds. The van der Waals surface area contributed by atoms with Crippen molar-refractivity contribution < 1.29 is 42.9 Å². The number of benzene rings is 1. The minimum atomic E-state index is -1.35. The summed E-state index contributed by atoms with van der Waals surface area (Å²) < 4.78 is 25.9. The van der Waals surface area contributed by atoms with Gasteiger partial charge in [0.1, 0.15) is 11.7 Å². The molecule has 0 N–H and O–H groups in total. The van der Waals surface area contributed by atoms with Crippen molar-refractivity contribution in [3.05, 3.63) is 41.5 Å². The van der Waals surface area contributed by atoms with Crippen LogP contribution in [0.5, 0.6) is 11.9 Å². The van der Waals surface area contributed by atoms with Gasteiger partial charge in [-0.1, -0.05) is 30.3 Å². The molecule has 38 heavy (non-hydrogen) atoms. The molecule has 2 unspecified atom stereocenters. The van der Waals surface area contributed by atoms with E-state index < -0.39 is 42.0 Å². The summed E-state index contributed by atoms with van der Waals surface area (Å²) in [5.41, 5.74) is 1.34. The third-order valence-electron chi connectivity index (χ3n) is 6.56. The Bertz CT molecular complexity index is 1180. The van der Waals surface area contributed by atoms with E-state index in [1.54, 1.807) is 0 Å². The van der Waals surface area contributed by atoms with Crippen molar-refractivity contribution in [2.45, 2.75) is 31.2 Å². The zero-order valence-corrected chi connectivity index (χ0v) is 21.8. The number of esters is 3. The molecule has 0 bridgehead atoms. The van der Waals surface area contributed by atoms with Gasteiger partial charge in [0.15, 0.2) is 6.10 Å². The second-order valence-electron chi connectivity index (χ2n) is 8.66. The number of hydrogen-bond donors (Lipinski definition) is 0. The predicted octanol–water partition coefficient (Wildman–Crippen LogP) is 1.06. The van der Waals surface area contributed by atoms with E-state index in [1.807, 2.05) is 35.2 Å². The highest BCUT2D eigenvalue weighted by atomic mass is 16.7. The highest BCUT2D eigenvalue weighted by Crippen LogP contribution is 2.50. The number of rotatable bonds is 8. The lowest BCUT2D eigenvalue weighted by Crippen LogP contribution is -2.43. The molecular formula is C25H30N4O9. The zero-order valence-electron chi connectivity index (χ0n) is 21.8. The smallest absolute Gasteiger partial charge is 0.338 e. The Morgan fingerprint density at radius 3 is 2.26 bits per heavy atom. The first-order valence-corrected chi connectivity index (χ1v) is 11.8. The largest absolute Gasteiger partial charge is 0.481 e. The van der Waals surface area contributed by atoms with Crippen molar-refractivity contribution in [2.75, 3.05) is 47.0 Å². The molecule has 1 fully saturated rings. The maximum Gasteiger partial charge on any atom is 0.338 e. The fraction of sp³-hybridized carbons (Fsp3) is 0.480. The number of hydroxylamine groups is 2. The van der Waals surface area contributed by atoms with Gasteiger partial charge in [-0.15, -0.1) is 0 Å². The molecule has 13 heteroatoms. The molecule has 0 spiro atoms. The Kier molecular flexibility index (Phi) is 8.27. The average Bonchev–Trinajstić information content (AvgIpc) is 3.30. The normalized spacial score (nSPS) is 22.5. The van der Waals surface area contributed by atoms with Crippen LogP contribution in [0.1, 0.15) is 23.6 Å². The lowest BCUT2D eigenvalue weighted by molar-refractivity contribution is -0.204. The van der Waals surface area contributed by atoms with E-state index >= 15 is 0 Å². The summed E-state index contributed by atoms with van der Waals surface area (Å²) in [7, 11) is 6.54. The first kappa shape index (κ1) is 27.1. The van der Waals surface area contributed by atoms with Gasteiger partial charge in [0, 0.05) is 13.1 Å². The van der Waals surface area contributed by atoms with E-state index in [1.165, 1.54) is 40.6 Å². The van der Waals surface area contributed by atoms with Gasteiger partial charge < -0.3 is 28.6 Å². The van der Waals surface area contributed by atoms with E-state index in [4.69, 9.17) is 28.5 Å². The summed E-state index contributed by atoms with van der Waals surface area (Å²) >= 11 is 0. The van der Waals surface area contributed by atoms with Crippen LogP contribution in [-0.2, 0) is 40.0 Å². The van der Waals surface area contributed by atoms with Gasteiger partial charge in [-0.2, -0.15) is 15.0 Å². The molecule has 0 aliphatic carbocycles. The number of carbonyl (C=O) groups is 3. The molecule has 1 aromatic carbocycles.